The molecule has 0 unspecified atom stereocenters. The van der Waals surface area contributed by atoms with Gasteiger partial charge in [0.05, 0.1) is 0 Å². The highest BCUT2D eigenvalue weighted by Gasteiger charge is 1.99. The number of aryl methyl sites for hydroxylation is 1. The van der Waals surface area contributed by atoms with Gasteiger partial charge in [0.2, 0.25) is 0 Å². The Hall–Kier alpha value is -0.870. The van der Waals surface area contributed by atoms with Gasteiger partial charge >= 0.3 is 0 Å². The van der Waals surface area contributed by atoms with E-state index in [9.17, 15) is 0 Å². The van der Waals surface area contributed by atoms with Gasteiger partial charge in [0.15, 0.2) is 5.16 Å². The molecule has 0 bridgehead atoms. The average molecular weight is 295 g/mol. The molecule has 0 fully saturated rings. The monoisotopic (exact) mass is 294 g/mol. The third-order valence-corrected chi connectivity index (χ3v) is 3.46. The second-order valence-electron chi connectivity index (χ2n) is 3.40. The zero-order chi connectivity index (χ0) is 11.4. The molecular weight excluding hydrogens is 284 g/mol. The van der Waals surface area contributed by atoms with Gasteiger partial charge in [0.1, 0.15) is 0 Å². The van der Waals surface area contributed by atoms with Gasteiger partial charge < -0.3 is 0 Å². The highest BCUT2D eigenvalue weighted by Crippen LogP contribution is 2.21. The summed E-state index contributed by atoms with van der Waals surface area (Å²) in [6, 6.07) is 10.2. The standard InChI is InChI=1S/C12H11BrN2S/c1-9-5-6-14-12(15-9)16-8-10-3-2-4-11(13)7-10/h2-7H,8H2,1H3. The van der Waals surface area contributed by atoms with Crippen molar-refractivity contribution < 1.29 is 0 Å². The van der Waals surface area contributed by atoms with Gasteiger partial charge in [-0.3, -0.25) is 0 Å². The Morgan fingerprint density at radius 3 is 2.94 bits per heavy atom. The van der Waals surface area contributed by atoms with E-state index in [2.05, 4.69) is 38.0 Å². The second-order valence-corrected chi connectivity index (χ2v) is 5.26. The molecule has 0 aliphatic carbocycles. The molecular formula is C12H11BrN2S. The summed E-state index contributed by atoms with van der Waals surface area (Å²) >= 11 is 5.11. The van der Waals surface area contributed by atoms with Crippen molar-refractivity contribution >= 4 is 27.7 Å². The molecule has 1 heterocycles. The van der Waals surface area contributed by atoms with Crippen LogP contribution < -0.4 is 0 Å². The van der Waals surface area contributed by atoms with Gasteiger partial charge in [-0.25, -0.2) is 9.97 Å². The fourth-order valence-electron chi connectivity index (χ4n) is 1.27. The minimum Gasteiger partial charge on any atom is -0.231 e. The van der Waals surface area contributed by atoms with Crippen LogP contribution in [0.1, 0.15) is 11.3 Å². The first-order chi connectivity index (χ1) is 7.74. The summed E-state index contributed by atoms with van der Waals surface area (Å²) in [5.74, 6) is 0.892. The first-order valence-electron chi connectivity index (χ1n) is 4.91. The average Bonchev–Trinajstić information content (AvgIpc) is 2.27. The molecule has 0 N–H and O–H groups in total. The lowest BCUT2D eigenvalue weighted by Gasteiger charge is -2.01. The first kappa shape index (κ1) is 11.6. The topological polar surface area (TPSA) is 25.8 Å². The van der Waals surface area contributed by atoms with Crippen LogP contribution in [0.3, 0.4) is 0 Å². The lowest BCUT2D eigenvalue weighted by atomic mass is 10.2. The summed E-state index contributed by atoms with van der Waals surface area (Å²) in [5.41, 5.74) is 2.27. The van der Waals surface area contributed by atoms with Crippen molar-refractivity contribution in [3.63, 3.8) is 0 Å². The van der Waals surface area contributed by atoms with Crippen LogP contribution in [0, 0.1) is 6.92 Å². The van der Waals surface area contributed by atoms with Gasteiger partial charge in [-0.1, -0.05) is 39.8 Å². The molecule has 2 aromatic rings. The number of hydrogen-bond acceptors (Lipinski definition) is 3. The van der Waals surface area contributed by atoms with E-state index in [1.807, 2.05) is 25.1 Å². The maximum absolute atomic E-state index is 4.35. The van der Waals surface area contributed by atoms with E-state index in [4.69, 9.17) is 0 Å². The van der Waals surface area contributed by atoms with Crippen LogP contribution in [0.15, 0.2) is 46.2 Å². The molecule has 1 aromatic carbocycles. The molecule has 2 rings (SSSR count). The maximum Gasteiger partial charge on any atom is 0.188 e. The van der Waals surface area contributed by atoms with E-state index in [0.29, 0.717) is 0 Å². The van der Waals surface area contributed by atoms with Crippen LogP contribution in [0.5, 0.6) is 0 Å². The summed E-state index contributed by atoms with van der Waals surface area (Å²) in [7, 11) is 0. The fraction of sp³-hybridized carbons (Fsp3) is 0.167. The second kappa shape index (κ2) is 5.46. The lowest BCUT2D eigenvalue weighted by Crippen LogP contribution is -1.89. The van der Waals surface area contributed by atoms with Crippen molar-refractivity contribution in [2.45, 2.75) is 17.8 Å². The number of hydrogen-bond donors (Lipinski definition) is 0. The lowest BCUT2D eigenvalue weighted by molar-refractivity contribution is 0.932. The van der Waals surface area contributed by atoms with Gasteiger partial charge in [-0.15, -0.1) is 0 Å². The quantitative estimate of drug-likeness (QED) is 0.635. The third-order valence-electron chi connectivity index (χ3n) is 2.03. The molecule has 82 valence electrons. The highest BCUT2D eigenvalue weighted by molar-refractivity contribution is 9.10. The van der Waals surface area contributed by atoms with Crippen LogP contribution in [0.2, 0.25) is 0 Å². The van der Waals surface area contributed by atoms with Crippen LogP contribution in [0.25, 0.3) is 0 Å². The number of nitrogens with zero attached hydrogens (tertiary/aromatic N) is 2. The predicted molar refractivity (Wildman–Crippen MR) is 70.5 cm³/mol. The molecule has 16 heavy (non-hydrogen) atoms. The molecule has 0 spiro atoms. The largest absolute Gasteiger partial charge is 0.231 e. The van der Waals surface area contributed by atoms with Gasteiger partial charge in [0.25, 0.3) is 0 Å². The summed E-state index contributed by atoms with van der Waals surface area (Å²) in [6.07, 6.45) is 1.80. The predicted octanol–water partition coefficient (Wildman–Crippen LogP) is 3.84. The van der Waals surface area contributed by atoms with Crippen molar-refractivity contribution in [2.75, 3.05) is 0 Å². The summed E-state index contributed by atoms with van der Waals surface area (Å²) < 4.78 is 1.11. The van der Waals surface area contributed by atoms with Gasteiger partial charge in [-0.05, 0) is 30.7 Å². The molecule has 0 aliphatic rings. The van der Waals surface area contributed by atoms with Crippen LogP contribution in [-0.4, -0.2) is 9.97 Å². The molecule has 0 atom stereocenters. The van der Waals surface area contributed by atoms with Crippen molar-refractivity contribution in [2.24, 2.45) is 0 Å². The molecule has 0 radical (unpaired) electrons. The number of rotatable bonds is 3. The third kappa shape index (κ3) is 3.32. The van der Waals surface area contributed by atoms with E-state index < -0.39 is 0 Å². The highest BCUT2D eigenvalue weighted by atomic mass is 79.9. The molecule has 1 aromatic heterocycles. The summed E-state index contributed by atoms with van der Waals surface area (Å²) in [6.45, 7) is 1.98. The molecule has 4 heteroatoms. The van der Waals surface area contributed by atoms with Gasteiger partial charge in [0, 0.05) is 22.1 Å². The van der Waals surface area contributed by atoms with Gasteiger partial charge in [-0.2, -0.15) is 0 Å². The number of benzene rings is 1. The number of aromatic nitrogens is 2. The first-order valence-corrected chi connectivity index (χ1v) is 6.69. The van der Waals surface area contributed by atoms with Crippen LogP contribution >= 0.6 is 27.7 Å². The summed E-state index contributed by atoms with van der Waals surface area (Å²) in [5, 5.41) is 0.833. The van der Waals surface area contributed by atoms with E-state index >= 15 is 0 Å². The van der Waals surface area contributed by atoms with Crippen molar-refractivity contribution in [3.05, 3.63) is 52.3 Å². The normalized spacial score (nSPS) is 10.4. The molecule has 2 nitrogen and oxygen atoms in total. The minimum atomic E-state index is 0.833. The SMILES string of the molecule is Cc1ccnc(SCc2cccc(Br)c2)n1. The maximum atomic E-state index is 4.35. The fourth-order valence-corrected chi connectivity index (χ4v) is 2.54. The smallest absolute Gasteiger partial charge is 0.188 e. The Kier molecular flexibility index (Phi) is 3.96. The van der Waals surface area contributed by atoms with E-state index in [1.54, 1.807) is 18.0 Å². The van der Waals surface area contributed by atoms with E-state index in [-0.39, 0.29) is 0 Å². The van der Waals surface area contributed by atoms with Crippen LogP contribution in [0.4, 0.5) is 0 Å². The molecule has 0 aliphatic heterocycles. The Morgan fingerprint density at radius 1 is 1.31 bits per heavy atom. The zero-order valence-corrected chi connectivity index (χ0v) is 11.3. The molecule has 0 saturated heterocycles. The minimum absolute atomic E-state index is 0.833. The molecule has 0 saturated carbocycles. The van der Waals surface area contributed by atoms with E-state index in [0.717, 1.165) is 21.1 Å². The Labute approximate surface area is 108 Å². The molecule has 0 amide bonds. The number of halogens is 1. The number of thioether (sulfide) groups is 1. The van der Waals surface area contributed by atoms with Crippen molar-refractivity contribution in [1.82, 2.24) is 9.97 Å². The zero-order valence-electron chi connectivity index (χ0n) is 8.85. The Morgan fingerprint density at radius 2 is 2.19 bits per heavy atom. The van der Waals surface area contributed by atoms with E-state index in [1.165, 1.54) is 5.56 Å². The Balaban J connectivity index is 2.02. The van der Waals surface area contributed by atoms with Crippen molar-refractivity contribution in [3.8, 4) is 0 Å². The Bertz CT molecular complexity index is 442. The van der Waals surface area contributed by atoms with Crippen molar-refractivity contribution in [1.29, 1.82) is 0 Å². The summed E-state index contributed by atoms with van der Waals surface area (Å²) in [4.78, 5) is 8.57. The van der Waals surface area contributed by atoms with Crippen LogP contribution in [-0.2, 0) is 5.75 Å².